The summed E-state index contributed by atoms with van der Waals surface area (Å²) in [6.07, 6.45) is 1.67. The third-order valence-corrected chi connectivity index (χ3v) is 7.45. The van der Waals surface area contributed by atoms with E-state index in [0.29, 0.717) is 6.54 Å². The first-order valence-electron chi connectivity index (χ1n) is 11.6. The van der Waals surface area contributed by atoms with Gasteiger partial charge in [0, 0.05) is 26.2 Å². The number of aromatic nitrogens is 5. The molecule has 0 aliphatic carbocycles. The Morgan fingerprint density at radius 2 is 1.81 bits per heavy atom. The monoisotopic (exact) mass is 523 g/mol. The molecule has 0 amide bonds. The van der Waals surface area contributed by atoms with Crippen LogP contribution in [0.1, 0.15) is 23.2 Å². The number of piperazine rings is 1. The number of benzene rings is 2. The van der Waals surface area contributed by atoms with Crippen molar-refractivity contribution in [1.29, 1.82) is 0 Å². The molecule has 5 aromatic rings. The Morgan fingerprint density at radius 3 is 2.53 bits per heavy atom. The molecule has 186 valence electrons. The summed E-state index contributed by atoms with van der Waals surface area (Å²) in [5, 5.41) is 13.8. The van der Waals surface area contributed by atoms with Gasteiger partial charge in [-0.25, -0.2) is 9.67 Å². The lowest BCUT2D eigenvalue weighted by molar-refractivity contribution is 0.200. The van der Waals surface area contributed by atoms with Crippen molar-refractivity contribution >= 4 is 39.1 Å². The summed E-state index contributed by atoms with van der Waals surface area (Å²) in [7, 11) is 1.68. The second kappa shape index (κ2) is 10.7. The lowest BCUT2D eigenvalue weighted by atomic mass is 10.0. The van der Waals surface area contributed by atoms with Crippen molar-refractivity contribution in [3.05, 3.63) is 84.1 Å². The Morgan fingerprint density at radius 1 is 1.00 bits per heavy atom. The third kappa shape index (κ3) is 4.79. The van der Waals surface area contributed by atoms with Gasteiger partial charge in [-0.05, 0) is 52.4 Å². The summed E-state index contributed by atoms with van der Waals surface area (Å²) in [6.45, 7) is 3.96. The third-order valence-electron chi connectivity index (χ3n) is 6.35. The van der Waals surface area contributed by atoms with Crippen LogP contribution < -0.4 is 9.64 Å². The van der Waals surface area contributed by atoms with Gasteiger partial charge in [0.05, 0.1) is 29.6 Å². The molecule has 1 aliphatic rings. The van der Waals surface area contributed by atoms with E-state index >= 15 is 0 Å². The molecule has 1 fully saturated rings. The van der Waals surface area contributed by atoms with E-state index in [2.05, 4.69) is 55.7 Å². The van der Waals surface area contributed by atoms with Gasteiger partial charge >= 0.3 is 0 Å². The maximum atomic E-state index is 5.55. The van der Waals surface area contributed by atoms with Gasteiger partial charge < -0.3 is 14.1 Å². The fraction of sp³-hybridized carbons (Fsp3) is 0.280. The fourth-order valence-corrected chi connectivity index (χ4v) is 5.56. The van der Waals surface area contributed by atoms with Crippen LogP contribution in [0.15, 0.2) is 71.3 Å². The maximum absolute atomic E-state index is 5.55. The predicted molar refractivity (Wildman–Crippen MR) is 141 cm³/mol. The van der Waals surface area contributed by atoms with Crippen LogP contribution >= 0.6 is 23.7 Å². The molecule has 3 aromatic heterocycles. The van der Waals surface area contributed by atoms with Crippen LogP contribution in [0, 0.1) is 0 Å². The highest BCUT2D eigenvalue weighted by Crippen LogP contribution is 2.33. The lowest BCUT2D eigenvalue weighted by Crippen LogP contribution is -2.48. The van der Waals surface area contributed by atoms with E-state index in [1.54, 1.807) is 24.7 Å². The van der Waals surface area contributed by atoms with Crippen LogP contribution in [-0.4, -0.2) is 63.4 Å². The van der Waals surface area contributed by atoms with Crippen molar-refractivity contribution in [2.75, 3.05) is 38.2 Å². The summed E-state index contributed by atoms with van der Waals surface area (Å²) >= 11 is 1.75. The molecule has 9 nitrogen and oxygen atoms in total. The predicted octanol–water partition coefficient (Wildman–Crippen LogP) is 4.27. The zero-order valence-corrected chi connectivity index (χ0v) is 21.4. The molecule has 0 radical (unpaired) electrons. The average molecular weight is 524 g/mol. The molecule has 6 rings (SSSR count). The van der Waals surface area contributed by atoms with Crippen LogP contribution in [0.5, 0.6) is 5.75 Å². The van der Waals surface area contributed by atoms with E-state index in [0.717, 1.165) is 59.7 Å². The quantitative estimate of drug-likeness (QED) is 0.313. The molecule has 0 N–H and O–H groups in total. The summed E-state index contributed by atoms with van der Waals surface area (Å²) in [5.41, 5.74) is 2.18. The standard InChI is InChI=1S/C25H25N7O2S.ClH/c1-33-19-10-8-18(9-11-19)23(24-27-28-29-32(24)17-20-5-4-16-34-20)30-12-14-31(15-13-30)25-26-21-6-2-3-7-22(21)35-25;/h2-11,16,23H,12-15,17H2,1H3;1H. The molecule has 1 aliphatic heterocycles. The molecule has 36 heavy (non-hydrogen) atoms. The number of anilines is 1. The molecular weight excluding hydrogens is 498 g/mol. The first-order chi connectivity index (χ1) is 17.3. The van der Waals surface area contributed by atoms with E-state index in [1.165, 1.54) is 4.70 Å². The topological polar surface area (TPSA) is 85.3 Å². The van der Waals surface area contributed by atoms with Gasteiger partial charge in [-0.2, -0.15) is 0 Å². The smallest absolute Gasteiger partial charge is 0.186 e. The van der Waals surface area contributed by atoms with Crippen molar-refractivity contribution in [1.82, 2.24) is 30.1 Å². The molecule has 4 heterocycles. The number of thiazole rings is 1. The summed E-state index contributed by atoms with van der Waals surface area (Å²) < 4.78 is 14.0. The number of hydrogen-bond donors (Lipinski definition) is 0. The van der Waals surface area contributed by atoms with Gasteiger partial charge in [0.1, 0.15) is 18.1 Å². The van der Waals surface area contributed by atoms with Crippen LogP contribution in [0.2, 0.25) is 0 Å². The van der Waals surface area contributed by atoms with Gasteiger partial charge in [-0.3, -0.25) is 4.90 Å². The first kappa shape index (κ1) is 24.2. The van der Waals surface area contributed by atoms with Gasteiger partial charge in [-0.15, -0.1) is 17.5 Å². The van der Waals surface area contributed by atoms with Crippen molar-refractivity contribution in [2.45, 2.75) is 12.6 Å². The minimum Gasteiger partial charge on any atom is -0.497 e. The van der Waals surface area contributed by atoms with E-state index < -0.39 is 0 Å². The molecule has 2 aromatic carbocycles. The van der Waals surface area contributed by atoms with Crippen molar-refractivity contribution in [3.8, 4) is 5.75 Å². The Hall–Kier alpha value is -3.47. The highest BCUT2D eigenvalue weighted by molar-refractivity contribution is 7.22. The molecule has 11 heteroatoms. The maximum Gasteiger partial charge on any atom is 0.186 e. The fourth-order valence-electron chi connectivity index (χ4n) is 4.55. The molecule has 0 spiro atoms. The minimum atomic E-state index is -0.0941. The number of para-hydroxylation sites is 1. The second-order valence-electron chi connectivity index (χ2n) is 8.44. The highest BCUT2D eigenvalue weighted by Gasteiger charge is 2.31. The zero-order chi connectivity index (χ0) is 23.6. The summed E-state index contributed by atoms with van der Waals surface area (Å²) in [5.74, 6) is 2.43. The minimum absolute atomic E-state index is 0. The number of nitrogens with zero attached hydrogens (tertiary/aromatic N) is 7. The molecular formula is C25H26ClN7O2S. The van der Waals surface area contributed by atoms with Gasteiger partial charge in [-0.1, -0.05) is 35.6 Å². The van der Waals surface area contributed by atoms with Crippen LogP contribution in [0.4, 0.5) is 5.13 Å². The zero-order valence-electron chi connectivity index (χ0n) is 19.7. The SMILES string of the molecule is COc1ccc(C(c2nnnn2Cc2ccco2)N2CCN(c3nc4ccccc4s3)CC2)cc1.Cl. The first-order valence-corrected chi connectivity index (χ1v) is 12.4. The Kier molecular flexibility index (Phi) is 7.17. The summed E-state index contributed by atoms with van der Waals surface area (Å²) in [4.78, 5) is 9.67. The van der Waals surface area contributed by atoms with Crippen LogP contribution in [-0.2, 0) is 6.54 Å². The van der Waals surface area contributed by atoms with Gasteiger partial charge in [0.2, 0.25) is 0 Å². The number of ether oxygens (including phenoxy) is 1. The van der Waals surface area contributed by atoms with E-state index in [9.17, 15) is 0 Å². The summed E-state index contributed by atoms with van der Waals surface area (Å²) in [6, 6.07) is 20.2. The van der Waals surface area contributed by atoms with Crippen LogP contribution in [0.25, 0.3) is 10.2 Å². The Balaban J connectivity index is 0.00000267. The number of rotatable bonds is 7. The number of hydrogen-bond acceptors (Lipinski definition) is 9. The Bertz CT molecular complexity index is 1360. The number of fused-ring (bicyclic) bond motifs is 1. The lowest BCUT2D eigenvalue weighted by Gasteiger charge is -2.38. The van der Waals surface area contributed by atoms with E-state index in [4.69, 9.17) is 14.1 Å². The molecule has 0 bridgehead atoms. The number of furan rings is 1. The normalized spacial score (nSPS) is 15.1. The number of halogens is 1. The van der Waals surface area contributed by atoms with E-state index in [-0.39, 0.29) is 18.4 Å². The molecule has 1 atom stereocenters. The average Bonchev–Trinajstić information content (AvgIpc) is 3.67. The largest absolute Gasteiger partial charge is 0.497 e. The van der Waals surface area contributed by atoms with Crippen LogP contribution in [0.3, 0.4) is 0 Å². The van der Waals surface area contributed by atoms with Crippen molar-refractivity contribution in [3.63, 3.8) is 0 Å². The van der Waals surface area contributed by atoms with Gasteiger partial charge in [0.25, 0.3) is 0 Å². The molecule has 1 saturated heterocycles. The van der Waals surface area contributed by atoms with Gasteiger partial charge in [0.15, 0.2) is 11.0 Å². The van der Waals surface area contributed by atoms with Crippen molar-refractivity contribution in [2.24, 2.45) is 0 Å². The van der Waals surface area contributed by atoms with E-state index in [1.807, 2.05) is 35.0 Å². The van der Waals surface area contributed by atoms with Crippen molar-refractivity contribution < 1.29 is 9.15 Å². The molecule has 1 unspecified atom stereocenters. The Labute approximate surface area is 218 Å². The highest BCUT2D eigenvalue weighted by atomic mass is 35.5. The number of tetrazole rings is 1. The number of methoxy groups -OCH3 is 1. The second-order valence-corrected chi connectivity index (χ2v) is 9.45. The molecule has 0 saturated carbocycles.